The van der Waals surface area contributed by atoms with Crippen molar-refractivity contribution < 1.29 is 0 Å². The van der Waals surface area contributed by atoms with E-state index in [4.69, 9.17) is 0 Å². The molecule has 0 N–H and O–H groups in total. The van der Waals surface area contributed by atoms with Crippen LogP contribution in [0.1, 0.15) is 5.56 Å². The van der Waals surface area contributed by atoms with Crippen molar-refractivity contribution in [1.82, 2.24) is 5.32 Å². The minimum absolute atomic E-state index is 0.762. The van der Waals surface area contributed by atoms with Gasteiger partial charge in [-0.2, -0.15) is 0 Å². The van der Waals surface area contributed by atoms with Crippen molar-refractivity contribution in [2.24, 2.45) is 0 Å². The van der Waals surface area contributed by atoms with Crippen LogP contribution in [0, 0.1) is 6.07 Å². The van der Waals surface area contributed by atoms with Gasteiger partial charge in [-0.1, -0.05) is 55.1 Å². The Morgan fingerprint density at radius 2 is 1.73 bits per heavy atom. The molecule has 0 unspecified atom stereocenters. The van der Waals surface area contributed by atoms with Crippen LogP contribution in [0.4, 0.5) is 5.69 Å². The zero-order valence-corrected chi connectivity index (χ0v) is 8.35. The molecule has 0 aliphatic heterocycles. The third-order valence-electron chi connectivity index (χ3n) is 2.06. The van der Waals surface area contributed by atoms with E-state index in [0.29, 0.717) is 0 Å². The maximum absolute atomic E-state index is 4.38. The fourth-order valence-electron chi connectivity index (χ4n) is 1.29. The number of benzene rings is 2. The highest BCUT2D eigenvalue weighted by atomic mass is 14.9. The van der Waals surface area contributed by atoms with Crippen molar-refractivity contribution in [2.45, 2.75) is 0 Å². The predicted octanol–water partition coefficient (Wildman–Crippen LogP) is 3.39. The van der Waals surface area contributed by atoms with E-state index in [1.54, 1.807) is 0 Å². The van der Waals surface area contributed by atoms with Crippen LogP contribution in [0.15, 0.2) is 61.2 Å². The highest BCUT2D eigenvalue weighted by molar-refractivity contribution is 5.65. The average molecular weight is 193 g/mol. The molecule has 1 nitrogen and oxygen atoms in total. The van der Waals surface area contributed by atoms with Gasteiger partial charge in [-0.15, -0.1) is 0 Å². The molecule has 0 fully saturated rings. The molecule has 2 radical (unpaired) electrons. The molecule has 0 aromatic heterocycles. The Labute approximate surface area is 90.1 Å². The van der Waals surface area contributed by atoms with Gasteiger partial charge in [0.2, 0.25) is 0 Å². The summed E-state index contributed by atoms with van der Waals surface area (Å²) >= 11 is 0. The van der Waals surface area contributed by atoms with Crippen molar-refractivity contribution in [2.75, 3.05) is 0 Å². The van der Waals surface area contributed by atoms with E-state index in [1.807, 2.05) is 54.6 Å². The van der Waals surface area contributed by atoms with E-state index in [9.17, 15) is 0 Å². The molecular formula is C14H11N. The molecule has 1 heteroatoms. The third-order valence-corrected chi connectivity index (χ3v) is 2.06. The Balaban J connectivity index is 2.12. The lowest BCUT2D eigenvalue weighted by Crippen LogP contribution is -1.95. The van der Waals surface area contributed by atoms with E-state index in [0.717, 1.165) is 16.9 Å². The van der Waals surface area contributed by atoms with Gasteiger partial charge in [-0.05, 0) is 11.6 Å². The van der Waals surface area contributed by atoms with Crippen molar-refractivity contribution in [1.29, 1.82) is 0 Å². The predicted molar refractivity (Wildman–Crippen MR) is 62.5 cm³/mol. The monoisotopic (exact) mass is 193 g/mol. The summed E-state index contributed by atoms with van der Waals surface area (Å²) in [6, 6.07) is 20.6. The van der Waals surface area contributed by atoms with Crippen LogP contribution in [0.3, 0.4) is 0 Å². The van der Waals surface area contributed by atoms with Gasteiger partial charge in [0.05, 0.1) is 11.4 Å². The minimum atomic E-state index is 0.762. The van der Waals surface area contributed by atoms with Crippen molar-refractivity contribution in [3.05, 3.63) is 72.8 Å². The van der Waals surface area contributed by atoms with Crippen LogP contribution in [0.5, 0.6) is 0 Å². The van der Waals surface area contributed by atoms with Gasteiger partial charge in [0.1, 0.15) is 0 Å². The number of para-hydroxylation sites is 1. The molecule has 0 atom stereocenters. The summed E-state index contributed by atoms with van der Waals surface area (Å²) in [6.07, 6.45) is 0. The first-order valence-electron chi connectivity index (χ1n) is 4.79. The van der Waals surface area contributed by atoms with Crippen LogP contribution in [-0.4, -0.2) is 0 Å². The third kappa shape index (κ3) is 2.47. The molecule has 0 aliphatic carbocycles. The zero-order valence-electron chi connectivity index (χ0n) is 8.35. The van der Waals surface area contributed by atoms with Crippen molar-refractivity contribution in [3.63, 3.8) is 0 Å². The number of hydrogen-bond acceptors (Lipinski definition) is 0. The van der Waals surface area contributed by atoms with E-state index >= 15 is 0 Å². The number of nitrogens with zero attached hydrogens (tertiary/aromatic N) is 1. The molecule has 15 heavy (non-hydrogen) atoms. The van der Waals surface area contributed by atoms with Gasteiger partial charge in [0.15, 0.2) is 0 Å². The van der Waals surface area contributed by atoms with E-state index < -0.39 is 0 Å². The normalized spacial score (nSPS) is 9.60. The molecular weight excluding hydrogens is 182 g/mol. The number of rotatable bonds is 3. The Morgan fingerprint density at radius 3 is 2.40 bits per heavy atom. The van der Waals surface area contributed by atoms with Crippen molar-refractivity contribution in [3.8, 4) is 0 Å². The summed E-state index contributed by atoms with van der Waals surface area (Å²) in [4.78, 5) is 0. The average Bonchev–Trinajstić information content (AvgIpc) is 2.31. The lowest BCUT2D eigenvalue weighted by molar-refractivity contribution is 1.20. The molecule has 72 valence electrons. The topological polar surface area (TPSA) is 14.1 Å². The number of hydrogen-bond donors (Lipinski definition) is 0. The highest BCUT2D eigenvalue weighted by Crippen LogP contribution is 2.15. The molecule has 0 aliphatic rings. The summed E-state index contributed by atoms with van der Waals surface area (Å²) in [5, 5.41) is 4.38. The van der Waals surface area contributed by atoms with Crippen LogP contribution in [0.25, 0.3) is 5.70 Å². The van der Waals surface area contributed by atoms with E-state index in [-0.39, 0.29) is 0 Å². The summed E-state index contributed by atoms with van der Waals surface area (Å²) in [6.45, 7) is 3.93. The summed E-state index contributed by atoms with van der Waals surface area (Å²) in [5.41, 5.74) is 2.61. The molecule has 0 heterocycles. The molecule has 2 aromatic rings. The fourth-order valence-corrected chi connectivity index (χ4v) is 1.29. The van der Waals surface area contributed by atoms with Gasteiger partial charge < -0.3 is 0 Å². The smallest absolute Gasteiger partial charge is 0.0716 e. The van der Waals surface area contributed by atoms with Gasteiger partial charge >= 0.3 is 0 Å². The van der Waals surface area contributed by atoms with Crippen LogP contribution in [-0.2, 0) is 0 Å². The second-order valence-electron chi connectivity index (χ2n) is 3.17. The van der Waals surface area contributed by atoms with Gasteiger partial charge in [0.25, 0.3) is 0 Å². The van der Waals surface area contributed by atoms with Crippen molar-refractivity contribution >= 4 is 11.4 Å². The quantitative estimate of drug-likeness (QED) is 0.709. The first-order valence-corrected chi connectivity index (χ1v) is 4.79. The Morgan fingerprint density at radius 1 is 1.00 bits per heavy atom. The first kappa shape index (κ1) is 9.53. The second-order valence-corrected chi connectivity index (χ2v) is 3.17. The Hall–Kier alpha value is -2.02. The second kappa shape index (κ2) is 4.47. The van der Waals surface area contributed by atoms with Crippen LogP contribution in [0.2, 0.25) is 0 Å². The van der Waals surface area contributed by atoms with Gasteiger partial charge in [-0.3, -0.25) is 0 Å². The lowest BCUT2D eigenvalue weighted by Gasteiger charge is -2.05. The molecule has 0 bridgehead atoms. The highest BCUT2D eigenvalue weighted by Gasteiger charge is 1.99. The first-order chi connectivity index (χ1) is 7.36. The summed E-state index contributed by atoms with van der Waals surface area (Å²) in [7, 11) is 0. The molecule has 2 rings (SSSR count). The van der Waals surface area contributed by atoms with Crippen LogP contribution < -0.4 is 5.32 Å². The molecule has 2 aromatic carbocycles. The standard InChI is InChI=1S/C14H11N/c1-12(13-8-4-2-5-9-13)15-14-10-6-3-7-11-14/h2-10H,1H2. The molecule has 0 amide bonds. The Kier molecular flexibility index (Phi) is 2.84. The summed E-state index contributed by atoms with van der Waals surface area (Å²) < 4.78 is 0. The maximum atomic E-state index is 4.38. The largest absolute Gasteiger partial charge is 0.248 e. The lowest BCUT2D eigenvalue weighted by atomic mass is 10.1. The van der Waals surface area contributed by atoms with Gasteiger partial charge in [-0.25, -0.2) is 5.32 Å². The zero-order chi connectivity index (χ0) is 10.5. The minimum Gasteiger partial charge on any atom is -0.248 e. The fraction of sp³-hybridized carbons (Fsp3) is 0. The maximum Gasteiger partial charge on any atom is 0.0716 e. The Bertz CT molecular complexity index is 431. The van der Waals surface area contributed by atoms with Crippen LogP contribution >= 0.6 is 0 Å². The SMILES string of the molecule is C=C([N]c1[c]cccc1)c1ccccc1. The van der Waals surface area contributed by atoms with E-state index in [2.05, 4.69) is 18.0 Å². The van der Waals surface area contributed by atoms with E-state index in [1.165, 1.54) is 0 Å². The molecule has 0 spiro atoms. The molecule has 0 saturated heterocycles. The van der Waals surface area contributed by atoms with Gasteiger partial charge in [0, 0.05) is 6.07 Å². The summed E-state index contributed by atoms with van der Waals surface area (Å²) in [5.74, 6) is 0. The molecule has 0 saturated carbocycles.